The van der Waals surface area contributed by atoms with Gasteiger partial charge in [0.05, 0.1) is 19.8 Å². The first-order chi connectivity index (χ1) is 15.1. The lowest BCUT2D eigenvalue weighted by atomic mass is 9.90. The normalized spacial score (nSPS) is 13.3. The van der Waals surface area contributed by atoms with Crippen molar-refractivity contribution in [3.8, 4) is 17.2 Å². The van der Waals surface area contributed by atoms with Crippen LogP contribution in [0, 0.1) is 0 Å². The molecule has 0 unspecified atom stereocenters. The quantitative estimate of drug-likeness (QED) is 0.564. The Kier molecular flexibility index (Phi) is 5.76. The van der Waals surface area contributed by atoms with Crippen molar-refractivity contribution in [2.24, 2.45) is 0 Å². The van der Waals surface area contributed by atoms with Crippen LogP contribution in [-0.4, -0.2) is 31.9 Å². The van der Waals surface area contributed by atoms with Gasteiger partial charge in [0.25, 0.3) is 0 Å². The standard InChI is InChI=1S/C26H22O5/c1-29-19-10-8-18(9-11-19)24-16-31-25-14-20(30-2)12-13-21(25)23(24)15-22(26(27)28)17-6-4-3-5-7-17/h3-15H,16H2,1-2H3,(H,27,28). The largest absolute Gasteiger partial charge is 0.497 e. The number of hydrogen-bond donors (Lipinski definition) is 1. The van der Waals surface area contributed by atoms with Gasteiger partial charge in [0, 0.05) is 17.2 Å². The molecule has 0 aliphatic carbocycles. The molecule has 0 atom stereocenters. The van der Waals surface area contributed by atoms with E-state index in [4.69, 9.17) is 14.2 Å². The summed E-state index contributed by atoms with van der Waals surface area (Å²) in [5.41, 5.74) is 4.30. The van der Waals surface area contributed by atoms with E-state index in [-0.39, 0.29) is 5.57 Å². The zero-order valence-corrected chi connectivity index (χ0v) is 17.3. The second-order valence-electron chi connectivity index (χ2n) is 7.00. The molecule has 0 spiro atoms. The van der Waals surface area contributed by atoms with Crippen LogP contribution in [0.5, 0.6) is 17.2 Å². The van der Waals surface area contributed by atoms with Gasteiger partial charge < -0.3 is 19.3 Å². The molecule has 0 amide bonds. The van der Waals surface area contributed by atoms with E-state index in [9.17, 15) is 9.90 Å². The number of fused-ring (bicyclic) bond motifs is 1. The Hall–Kier alpha value is -3.99. The molecule has 0 aromatic heterocycles. The lowest BCUT2D eigenvalue weighted by Gasteiger charge is -2.24. The first kappa shape index (κ1) is 20.3. The van der Waals surface area contributed by atoms with E-state index in [1.807, 2.05) is 60.7 Å². The maximum Gasteiger partial charge on any atom is 0.336 e. The summed E-state index contributed by atoms with van der Waals surface area (Å²) in [5, 5.41) is 9.95. The molecule has 156 valence electrons. The maximum atomic E-state index is 12.2. The van der Waals surface area contributed by atoms with Gasteiger partial charge in [0.1, 0.15) is 23.9 Å². The first-order valence-electron chi connectivity index (χ1n) is 9.80. The van der Waals surface area contributed by atoms with Gasteiger partial charge in [0.2, 0.25) is 0 Å². The van der Waals surface area contributed by atoms with Crippen molar-refractivity contribution in [1.29, 1.82) is 0 Å². The van der Waals surface area contributed by atoms with Crippen molar-refractivity contribution in [3.63, 3.8) is 0 Å². The number of allylic oxidation sites excluding steroid dienone is 2. The number of aliphatic carboxylic acids is 1. The number of methoxy groups -OCH3 is 2. The predicted molar refractivity (Wildman–Crippen MR) is 120 cm³/mol. The van der Waals surface area contributed by atoms with Gasteiger partial charge in [-0.1, -0.05) is 42.5 Å². The van der Waals surface area contributed by atoms with E-state index in [0.29, 0.717) is 23.7 Å². The molecule has 0 saturated carbocycles. The molecule has 1 N–H and O–H groups in total. The lowest BCUT2D eigenvalue weighted by molar-refractivity contribution is -0.130. The summed E-state index contributed by atoms with van der Waals surface area (Å²) in [6.07, 6.45) is 1.73. The summed E-state index contributed by atoms with van der Waals surface area (Å²) in [5.74, 6) is 1.09. The van der Waals surface area contributed by atoms with Crippen LogP contribution in [0.4, 0.5) is 0 Å². The summed E-state index contributed by atoms with van der Waals surface area (Å²) in [4.78, 5) is 12.2. The minimum absolute atomic E-state index is 0.213. The highest BCUT2D eigenvalue weighted by Gasteiger charge is 2.23. The maximum absolute atomic E-state index is 12.2. The van der Waals surface area contributed by atoms with E-state index in [1.165, 1.54) is 0 Å². The van der Waals surface area contributed by atoms with Gasteiger partial charge >= 0.3 is 5.97 Å². The fraction of sp³-hybridized carbons (Fsp3) is 0.115. The van der Waals surface area contributed by atoms with Gasteiger partial charge in [-0.3, -0.25) is 0 Å². The van der Waals surface area contributed by atoms with Crippen LogP contribution in [0.3, 0.4) is 0 Å². The number of carboxylic acids is 1. The third-order valence-corrected chi connectivity index (χ3v) is 5.22. The first-order valence-corrected chi connectivity index (χ1v) is 9.80. The van der Waals surface area contributed by atoms with Crippen molar-refractivity contribution >= 4 is 22.7 Å². The third-order valence-electron chi connectivity index (χ3n) is 5.22. The van der Waals surface area contributed by atoms with Crippen LogP contribution in [-0.2, 0) is 4.79 Å². The molecule has 1 heterocycles. The molecule has 5 nitrogen and oxygen atoms in total. The van der Waals surface area contributed by atoms with E-state index >= 15 is 0 Å². The van der Waals surface area contributed by atoms with E-state index < -0.39 is 5.97 Å². The molecule has 4 rings (SSSR count). The summed E-state index contributed by atoms with van der Waals surface area (Å²) in [7, 11) is 3.22. The molecule has 3 aromatic carbocycles. The topological polar surface area (TPSA) is 65.0 Å². The Morgan fingerprint density at radius 1 is 0.935 bits per heavy atom. The monoisotopic (exact) mass is 414 g/mol. The number of benzene rings is 3. The number of rotatable bonds is 6. The van der Waals surface area contributed by atoms with Crippen LogP contribution in [0.15, 0.2) is 78.9 Å². The number of carbonyl (C=O) groups is 1. The molecule has 0 fully saturated rings. The molecule has 1 aliphatic heterocycles. The minimum Gasteiger partial charge on any atom is -0.497 e. The van der Waals surface area contributed by atoms with Crippen LogP contribution in [0.1, 0.15) is 16.7 Å². The van der Waals surface area contributed by atoms with Crippen LogP contribution < -0.4 is 14.2 Å². The molecule has 5 heteroatoms. The van der Waals surface area contributed by atoms with Gasteiger partial charge in [-0.15, -0.1) is 0 Å². The summed E-state index contributed by atoms with van der Waals surface area (Å²) < 4.78 is 16.6. The highest BCUT2D eigenvalue weighted by molar-refractivity contribution is 6.19. The Bertz CT molecular complexity index is 1160. The Labute approximate surface area is 180 Å². The average Bonchev–Trinajstić information content (AvgIpc) is 2.82. The third kappa shape index (κ3) is 4.16. The Balaban J connectivity index is 1.94. The van der Waals surface area contributed by atoms with E-state index in [0.717, 1.165) is 28.0 Å². The smallest absolute Gasteiger partial charge is 0.336 e. The molecular formula is C26H22O5. The van der Waals surface area contributed by atoms with Crippen molar-refractivity contribution in [2.45, 2.75) is 0 Å². The second kappa shape index (κ2) is 8.79. The second-order valence-corrected chi connectivity index (χ2v) is 7.00. The van der Waals surface area contributed by atoms with Gasteiger partial charge in [-0.25, -0.2) is 4.79 Å². The highest BCUT2D eigenvalue weighted by Crippen LogP contribution is 2.41. The Morgan fingerprint density at radius 3 is 2.26 bits per heavy atom. The number of carboxylic acid groups (broad SMARTS) is 1. The number of ether oxygens (including phenoxy) is 3. The van der Waals surface area contributed by atoms with Crippen molar-refractivity contribution in [1.82, 2.24) is 0 Å². The molecular weight excluding hydrogens is 392 g/mol. The zero-order valence-electron chi connectivity index (χ0n) is 17.3. The lowest BCUT2D eigenvalue weighted by Crippen LogP contribution is -2.11. The molecule has 3 aromatic rings. The Morgan fingerprint density at radius 2 is 1.61 bits per heavy atom. The molecule has 0 saturated heterocycles. The predicted octanol–water partition coefficient (Wildman–Crippen LogP) is 5.18. The van der Waals surface area contributed by atoms with Crippen LogP contribution >= 0.6 is 0 Å². The molecule has 1 aliphatic rings. The van der Waals surface area contributed by atoms with Crippen molar-refractivity contribution in [2.75, 3.05) is 20.8 Å². The average molecular weight is 414 g/mol. The van der Waals surface area contributed by atoms with E-state index in [1.54, 1.807) is 32.4 Å². The number of hydrogen-bond acceptors (Lipinski definition) is 4. The van der Waals surface area contributed by atoms with Gasteiger partial charge in [-0.05, 0) is 47.0 Å². The van der Waals surface area contributed by atoms with Crippen LogP contribution in [0.2, 0.25) is 0 Å². The highest BCUT2D eigenvalue weighted by atomic mass is 16.5. The summed E-state index contributed by atoms with van der Waals surface area (Å²) in [6.45, 7) is 0.306. The fourth-order valence-electron chi connectivity index (χ4n) is 3.59. The van der Waals surface area contributed by atoms with Gasteiger partial charge in [0.15, 0.2) is 0 Å². The molecule has 0 bridgehead atoms. The molecule has 31 heavy (non-hydrogen) atoms. The molecule has 0 radical (unpaired) electrons. The minimum atomic E-state index is -0.991. The van der Waals surface area contributed by atoms with Crippen molar-refractivity contribution < 1.29 is 24.1 Å². The fourth-order valence-corrected chi connectivity index (χ4v) is 3.59. The van der Waals surface area contributed by atoms with Gasteiger partial charge in [-0.2, -0.15) is 0 Å². The summed E-state index contributed by atoms with van der Waals surface area (Å²) >= 11 is 0. The van der Waals surface area contributed by atoms with Crippen LogP contribution in [0.25, 0.3) is 16.7 Å². The van der Waals surface area contributed by atoms with E-state index in [2.05, 4.69) is 0 Å². The SMILES string of the molecule is COc1ccc(C2=C(C=C(C(=O)O)c3ccccc3)c3ccc(OC)cc3OC2)cc1. The van der Waals surface area contributed by atoms with Crippen molar-refractivity contribution in [3.05, 3.63) is 95.6 Å². The summed E-state index contributed by atoms with van der Waals surface area (Å²) in [6, 6.07) is 22.3. The zero-order chi connectivity index (χ0) is 21.8.